The van der Waals surface area contributed by atoms with E-state index in [-0.39, 0.29) is 11.1 Å². The lowest BCUT2D eigenvalue weighted by Gasteiger charge is -2.47. The number of nitrogens with two attached hydrogens (primary N) is 1. The van der Waals surface area contributed by atoms with E-state index in [1.165, 1.54) is 12.1 Å². The van der Waals surface area contributed by atoms with Crippen LogP contribution in [0.2, 0.25) is 10.0 Å². The number of pyridine rings is 1. The van der Waals surface area contributed by atoms with Gasteiger partial charge >= 0.3 is 0 Å². The standard InChI is InChI=1S/C24H28Cl2FN5O2/c1-14-12-30-10-11-32(14)24(28)8-6-16(17-13-29-9-7-20(17)33-3)23(31-24)34-15(2)21-18(25)4-5-19(27)22(21)26/h4-9,13-15,30-31H,10-12,28H2,1-3H3/t14-,15?,24?/m0/s1. The zero-order valence-corrected chi connectivity index (χ0v) is 20.8. The maximum Gasteiger partial charge on any atom is 0.198 e. The Hall–Kier alpha value is -2.36. The summed E-state index contributed by atoms with van der Waals surface area (Å²) in [5.74, 6) is -0.581. The molecule has 2 aliphatic rings. The number of nitrogens with one attached hydrogen (secondary N) is 2. The molecule has 0 saturated carbocycles. The first kappa shape index (κ1) is 24.8. The summed E-state index contributed by atoms with van der Waals surface area (Å²) in [4.78, 5) is 6.41. The van der Waals surface area contributed by atoms with Crippen LogP contribution in [0.1, 0.15) is 31.1 Å². The second kappa shape index (κ2) is 10.1. The van der Waals surface area contributed by atoms with E-state index >= 15 is 0 Å². The van der Waals surface area contributed by atoms with Crippen molar-refractivity contribution >= 4 is 28.8 Å². The predicted molar refractivity (Wildman–Crippen MR) is 132 cm³/mol. The number of allylic oxidation sites excluding steroid dienone is 2. The van der Waals surface area contributed by atoms with Crippen molar-refractivity contribution in [1.82, 2.24) is 20.5 Å². The highest BCUT2D eigenvalue weighted by Crippen LogP contribution is 2.38. The minimum atomic E-state index is -1.01. The summed E-state index contributed by atoms with van der Waals surface area (Å²) < 4.78 is 26.1. The summed E-state index contributed by atoms with van der Waals surface area (Å²) in [5, 5.41) is 6.96. The molecule has 2 aromatic rings. The Morgan fingerprint density at radius 1 is 1.32 bits per heavy atom. The van der Waals surface area contributed by atoms with Gasteiger partial charge in [-0.3, -0.25) is 15.6 Å². The summed E-state index contributed by atoms with van der Waals surface area (Å²) in [6.07, 6.45) is 6.44. The van der Waals surface area contributed by atoms with Crippen LogP contribution in [-0.4, -0.2) is 48.5 Å². The maximum atomic E-state index is 14.2. The van der Waals surface area contributed by atoms with Crippen molar-refractivity contribution in [2.24, 2.45) is 5.73 Å². The zero-order valence-electron chi connectivity index (χ0n) is 19.2. The summed E-state index contributed by atoms with van der Waals surface area (Å²) in [6, 6.07) is 4.63. The lowest BCUT2D eigenvalue weighted by Crippen LogP contribution is -2.70. The van der Waals surface area contributed by atoms with Gasteiger partial charge in [0.1, 0.15) is 17.7 Å². The van der Waals surface area contributed by atoms with Crippen molar-refractivity contribution in [3.05, 3.63) is 75.6 Å². The number of dihydropyridines is 1. The van der Waals surface area contributed by atoms with E-state index in [2.05, 4.69) is 27.4 Å². The Balaban J connectivity index is 1.76. The zero-order chi connectivity index (χ0) is 24.5. The van der Waals surface area contributed by atoms with Gasteiger partial charge in [0.05, 0.1) is 12.1 Å². The molecule has 182 valence electrons. The van der Waals surface area contributed by atoms with Crippen LogP contribution >= 0.6 is 23.2 Å². The number of aromatic nitrogens is 1. The van der Waals surface area contributed by atoms with Crippen LogP contribution in [0.15, 0.2) is 48.6 Å². The normalized spacial score (nSPS) is 24.0. The van der Waals surface area contributed by atoms with Gasteiger partial charge in [0, 0.05) is 59.8 Å². The van der Waals surface area contributed by atoms with Crippen LogP contribution in [-0.2, 0) is 4.74 Å². The topological polar surface area (TPSA) is 84.7 Å². The average molecular weight is 508 g/mol. The number of piperazine rings is 1. The number of methoxy groups -OCH3 is 1. The van der Waals surface area contributed by atoms with Crippen LogP contribution in [0.4, 0.5) is 4.39 Å². The first-order valence-corrected chi connectivity index (χ1v) is 11.8. The molecule has 0 spiro atoms. The number of ether oxygens (including phenoxy) is 2. The summed E-state index contributed by atoms with van der Waals surface area (Å²) >= 11 is 12.6. The van der Waals surface area contributed by atoms with E-state index in [1.807, 2.05) is 12.2 Å². The molecule has 1 aromatic carbocycles. The SMILES string of the molecule is COc1ccncc1C1=C(OC(C)c2c(Cl)ccc(F)c2Cl)NC(N)(N2CCNC[C@@H]2C)C=C1. The fraction of sp³-hybridized carbons (Fsp3) is 0.375. The van der Waals surface area contributed by atoms with Crippen LogP contribution in [0, 0.1) is 5.82 Å². The predicted octanol–water partition coefficient (Wildman–Crippen LogP) is 4.05. The molecule has 2 aliphatic heterocycles. The third-order valence-corrected chi connectivity index (χ3v) is 6.82. The number of halogens is 3. The Bertz CT molecular complexity index is 1130. The Labute approximate surface area is 208 Å². The van der Waals surface area contributed by atoms with Gasteiger partial charge < -0.3 is 20.1 Å². The fourth-order valence-electron chi connectivity index (χ4n) is 4.35. The summed E-state index contributed by atoms with van der Waals surface area (Å²) in [6.45, 7) is 6.22. The molecule has 2 unspecified atom stereocenters. The van der Waals surface area contributed by atoms with Gasteiger partial charge in [0.25, 0.3) is 0 Å². The first-order chi connectivity index (χ1) is 16.2. The van der Waals surface area contributed by atoms with Crippen LogP contribution in [0.3, 0.4) is 0 Å². The van der Waals surface area contributed by atoms with Crippen LogP contribution in [0.25, 0.3) is 5.57 Å². The minimum Gasteiger partial charge on any atom is -0.496 e. The highest BCUT2D eigenvalue weighted by Gasteiger charge is 2.39. The number of rotatable bonds is 6. The number of hydrogen-bond acceptors (Lipinski definition) is 7. The van der Waals surface area contributed by atoms with Crippen molar-refractivity contribution in [2.75, 3.05) is 26.7 Å². The molecule has 0 aliphatic carbocycles. The molecule has 1 saturated heterocycles. The van der Waals surface area contributed by atoms with E-state index in [0.717, 1.165) is 19.6 Å². The largest absolute Gasteiger partial charge is 0.496 e. The highest BCUT2D eigenvalue weighted by atomic mass is 35.5. The molecule has 0 bridgehead atoms. The quantitative estimate of drug-likeness (QED) is 0.508. The second-order valence-corrected chi connectivity index (χ2v) is 9.15. The first-order valence-electron chi connectivity index (χ1n) is 11.0. The van der Waals surface area contributed by atoms with Gasteiger partial charge in [-0.25, -0.2) is 4.39 Å². The van der Waals surface area contributed by atoms with E-state index in [4.69, 9.17) is 38.4 Å². The average Bonchev–Trinajstić information content (AvgIpc) is 2.82. The van der Waals surface area contributed by atoms with Crippen molar-refractivity contribution in [3.63, 3.8) is 0 Å². The van der Waals surface area contributed by atoms with Gasteiger partial charge in [-0.1, -0.05) is 23.2 Å². The van der Waals surface area contributed by atoms with Crippen molar-refractivity contribution in [1.29, 1.82) is 0 Å². The van der Waals surface area contributed by atoms with E-state index < -0.39 is 17.7 Å². The monoisotopic (exact) mass is 507 g/mol. The molecular formula is C24H28Cl2FN5O2. The molecular weight excluding hydrogens is 480 g/mol. The summed E-state index contributed by atoms with van der Waals surface area (Å²) in [5.41, 5.74) is 8.60. The van der Waals surface area contributed by atoms with Gasteiger partial charge in [-0.05, 0) is 44.2 Å². The lowest BCUT2D eigenvalue weighted by atomic mass is 10.0. The minimum absolute atomic E-state index is 0.0813. The molecule has 10 heteroatoms. The maximum absolute atomic E-state index is 14.2. The molecule has 0 radical (unpaired) electrons. The smallest absolute Gasteiger partial charge is 0.198 e. The lowest BCUT2D eigenvalue weighted by molar-refractivity contribution is 0.0218. The van der Waals surface area contributed by atoms with E-state index in [0.29, 0.717) is 33.4 Å². The van der Waals surface area contributed by atoms with Gasteiger partial charge in [0.15, 0.2) is 11.7 Å². The molecule has 7 nitrogen and oxygen atoms in total. The van der Waals surface area contributed by atoms with E-state index in [1.54, 1.807) is 32.5 Å². The van der Waals surface area contributed by atoms with Crippen LogP contribution in [0.5, 0.6) is 5.75 Å². The number of nitrogens with zero attached hydrogens (tertiary/aromatic N) is 2. The third kappa shape index (κ3) is 4.74. The fourth-order valence-corrected chi connectivity index (χ4v) is 5.03. The van der Waals surface area contributed by atoms with E-state index in [9.17, 15) is 4.39 Å². The third-order valence-electron chi connectivity index (χ3n) is 6.11. The molecule has 3 atom stereocenters. The van der Waals surface area contributed by atoms with Gasteiger partial charge in [-0.15, -0.1) is 0 Å². The van der Waals surface area contributed by atoms with Crippen molar-refractivity contribution < 1.29 is 13.9 Å². The highest BCUT2D eigenvalue weighted by molar-refractivity contribution is 6.36. The molecule has 3 heterocycles. The second-order valence-electron chi connectivity index (χ2n) is 8.37. The van der Waals surface area contributed by atoms with Crippen molar-refractivity contribution in [3.8, 4) is 5.75 Å². The molecule has 0 amide bonds. The Kier molecular flexibility index (Phi) is 7.35. The Morgan fingerprint density at radius 3 is 2.85 bits per heavy atom. The number of benzene rings is 1. The molecule has 34 heavy (non-hydrogen) atoms. The number of hydrogen-bond donors (Lipinski definition) is 3. The molecule has 4 N–H and O–H groups in total. The van der Waals surface area contributed by atoms with Crippen molar-refractivity contribution in [2.45, 2.75) is 31.8 Å². The molecule has 1 fully saturated rings. The molecule has 1 aromatic heterocycles. The molecule has 4 rings (SSSR count). The van der Waals surface area contributed by atoms with Gasteiger partial charge in [0.2, 0.25) is 0 Å². The Morgan fingerprint density at radius 2 is 2.12 bits per heavy atom. The van der Waals surface area contributed by atoms with Gasteiger partial charge in [-0.2, -0.15) is 0 Å². The summed E-state index contributed by atoms with van der Waals surface area (Å²) in [7, 11) is 1.59. The van der Waals surface area contributed by atoms with Crippen LogP contribution < -0.4 is 21.1 Å².